The van der Waals surface area contributed by atoms with Crippen molar-refractivity contribution in [1.29, 1.82) is 0 Å². The number of nitrogens with one attached hydrogen (secondary N) is 1. The Morgan fingerprint density at radius 1 is 0.969 bits per heavy atom. The lowest BCUT2D eigenvalue weighted by Crippen LogP contribution is -2.27. The highest BCUT2D eigenvalue weighted by molar-refractivity contribution is 7.90. The SMILES string of the molecule is CC(NC(=O)c1oc2ccccc2c1COc1ccccc1)c1ccc(S(C)(=O)=O)cc1. The summed E-state index contributed by atoms with van der Waals surface area (Å²) >= 11 is 0. The molecule has 32 heavy (non-hydrogen) atoms. The van der Waals surface area contributed by atoms with Gasteiger partial charge < -0.3 is 14.5 Å². The van der Waals surface area contributed by atoms with Crippen LogP contribution in [-0.4, -0.2) is 20.6 Å². The van der Waals surface area contributed by atoms with Crippen LogP contribution in [0.5, 0.6) is 5.75 Å². The number of para-hydroxylation sites is 2. The zero-order valence-corrected chi connectivity index (χ0v) is 18.6. The van der Waals surface area contributed by atoms with Gasteiger partial charge in [0.05, 0.1) is 10.9 Å². The Bertz CT molecular complexity index is 1340. The van der Waals surface area contributed by atoms with E-state index in [-0.39, 0.29) is 29.2 Å². The van der Waals surface area contributed by atoms with Crippen LogP contribution in [0, 0.1) is 0 Å². The fourth-order valence-electron chi connectivity index (χ4n) is 3.45. The summed E-state index contributed by atoms with van der Waals surface area (Å²) in [5, 5.41) is 3.75. The maximum atomic E-state index is 13.1. The van der Waals surface area contributed by atoms with Gasteiger partial charge in [0, 0.05) is 17.2 Å². The molecule has 0 fully saturated rings. The van der Waals surface area contributed by atoms with Gasteiger partial charge in [-0.1, -0.05) is 48.5 Å². The fourth-order valence-corrected chi connectivity index (χ4v) is 4.08. The fraction of sp³-hybridized carbons (Fsp3) is 0.160. The Morgan fingerprint density at radius 3 is 2.31 bits per heavy atom. The molecule has 0 saturated carbocycles. The Hall–Kier alpha value is -3.58. The number of furan rings is 1. The number of benzene rings is 3. The standard InChI is InChI=1S/C25H23NO5S/c1-17(18-12-14-20(15-13-18)32(2,28)29)26-25(27)24-22(16-30-19-8-4-3-5-9-19)21-10-6-7-11-23(21)31-24/h3-15,17H,16H2,1-2H3,(H,26,27). The molecule has 0 aliphatic carbocycles. The van der Waals surface area contributed by atoms with E-state index >= 15 is 0 Å². The molecular formula is C25H23NO5S. The van der Waals surface area contributed by atoms with Gasteiger partial charge in [-0.25, -0.2) is 8.42 Å². The smallest absolute Gasteiger partial charge is 0.287 e. The molecule has 6 nitrogen and oxygen atoms in total. The zero-order chi connectivity index (χ0) is 22.7. The first kappa shape index (κ1) is 21.6. The molecule has 0 aliphatic rings. The summed E-state index contributed by atoms with van der Waals surface area (Å²) in [6, 6.07) is 22.9. The quantitative estimate of drug-likeness (QED) is 0.433. The molecule has 1 heterocycles. The maximum Gasteiger partial charge on any atom is 0.287 e. The number of fused-ring (bicyclic) bond motifs is 1. The van der Waals surface area contributed by atoms with Gasteiger partial charge in [0.15, 0.2) is 15.6 Å². The van der Waals surface area contributed by atoms with Gasteiger partial charge in [0.25, 0.3) is 5.91 Å². The average Bonchev–Trinajstić information content (AvgIpc) is 3.16. The Morgan fingerprint density at radius 2 is 1.62 bits per heavy atom. The summed E-state index contributed by atoms with van der Waals surface area (Å²) in [5.41, 5.74) is 2.06. The number of rotatable bonds is 7. The molecule has 0 saturated heterocycles. The Labute approximate surface area is 186 Å². The predicted octanol–water partition coefficient (Wildman–Crippen LogP) is 4.91. The maximum absolute atomic E-state index is 13.1. The lowest BCUT2D eigenvalue weighted by Gasteiger charge is -2.14. The number of carbonyl (C=O) groups excluding carboxylic acids is 1. The van der Waals surface area contributed by atoms with Crippen molar-refractivity contribution in [3.8, 4) is 5.75 Å². The van der Waals surface area contributed by atoms with E-state index in [1.807, 2.05) is 61.5 Å². The van der Waals surface area contributed by atoms with Crippen molar-refractivity contribution in [3.05, 3.63) is 95.7 Å². The second-order valence-corrected chi connectivity index (χ2v) is 9.56. The van der Waals surface area contributed by atoms with Gasteiger partial charge in [0.1, 0.15) is 17.9 Å². The highest BCUT2D eigenvalue weighted by atomic mass is 32.2. The monoisotopic (exact) mass is 449 g/mol. The topological polar surface area (TPSA) is 85.6 Å². The average molecular weight is 450 g/mol. The van der Waals surface area contributed by atoms with Crippen LogP contribution in [0.15, 0.2) is 88.2 Å². The molecule has 0 bridgehead atoms. The number of ether oxygens (including phenoxy) is 1. The summed E-state index contributed by atoms with van der Waals surface area (Å²) in [5.74, 6) is 0.526. The third-order valence-electron chi connectivity index (χ3n) is 5.19. The molecule has 0 radical (unpaired) electrons. The van der Waals surface area contributed by atoms with Gasteiger partial charge in [-0.05, 0) is 42.8 Å². The highest BCUT2D eigenvalue weighted by Crippen LogP contribution is 2.28. The number of hydrogen-bond donors (Lipinski definition) is 1. The minimum absolute atomic E-state index is 0.182. The van der Waals surface area contributed by atoms with Crippen LogP contribution in [0.25, 0.3) is 11.0 Å². The van der Waals surface area contributed by atoms with Crippen LogP contribution in [0.2, 0.25) is 0 Å². The van der Waals surface area contributed by atoms with E-state index in [0.29, 0.717) is 16.9 Å². The third-order valence-corrected chi connectivity index (χ3v) is 6.32. The summed E-state index contributed by atoms with van der Waals surface area (Å²) in [7, 11) is -3.28. The zero-order valence-electron chi connectivity index (χ0n) is 17.7. The van der Waals surface area contributed by atoms with E-state index in [0.717, 1.165) is 17.2 Å². The van der Waals surface area contributed by atoms with E-state index in [1.54, 1.807) is 12.1 Å². The third kappa shape index (κ3) is 4.68. The molecule has 0 aliphatic heterocycles. The van der Waals surface area contributed by atoms with Crippen LogP contribution in [0.4, 0.5) is 0 Å². The number of amides is 1. The van der Waals surface area contributed by atoms with Gasteiger partial charge in [-0.3, -0.25) is 4.79 Å². The van der Waals surface area contributed by atoms with E-state index in [1.165, 1.54) is 12.1 Å². The van der Waals surface area contributed by atoms with Crippen molar-refractivity contribution < 1.29 is 22.4 Å². The molecule has 1 amide bonds. The van der Waals surface area contributed by atoms with E-state index in [2.05, 4.69) is 5.32 Å². The van der Waals surface area contributed by atoms with Crippen LogP contribution >= 0.6 is 0 Å². The molecule has 1 aromatic heterocycles. The van der Waals surface area contributed by atoms with Crippen molar-refractivity contribution in [1.82, 2.24) is 5.32 Å². The summed E-state index contributed by atoms with van der Waals surface area (Å²) in [4.78, 5) is 13.3. The molecule has 164 valence electrons. The first-order chi connectivity index (χ1) is 15.3. The van der Waals surface area contributed by atoms with Crippen LogP contribution in [0.1, 0.15) is 34.6 Å². The molecule has 7 heteroatoms. The number of sulfone groups is 1. The first-order valence-corrected chi connectivity index (χ1v) is 12.0. The minimum atomic E-state index is -3.28. The molecule has 1 N–H and O–H groups in total. The van der Waals surface area contributed by atoms with Crippen molar-refractivity contribution in [2.45, 2.75) is 24.5 Å². The van der Waals surface area contributed by atoms with E-state index in [4.69, 9.17) is 9.15 Å². The molecular weight excluding hydrogens is 426 g/mol. The number of hydrogen-bond acceptors (Lipinski definition) is 5. The number of carbonyl (C=O) groups is 1. The van der Waals surface area contributed by atoms with Gasteiger partial charge >= 0.3 is 0 Å². The summed E-state index contributed by atoms with van der Waals surface area (Å²) in [6.45, 7) is 2.01. The normalized spacial score (nSPS) is 12.4. The van der Waals surface area contributed by atoms with Crippen molar-refractivity contribution in [3.63, 3.8) is 0 Å². The molecule has 0 spiro atoms. The second kappa shape index (κ2) is 8.88. The lowest BCUT2D eigenvalue weighted by molar-refractivity contribution is 0.0910. The summed E-state index contributed by atoms with van der Waals surface area (Å²) < 4.78 is 35.1. The van der Waals surface area contributed by atoms with E-state index in [9.17, 15) is 13.2 Å². The highest BCUT2D eigenvalue weighted by Gasteiger charge is 2.23. The van der Waals surface area contributed by atoms with Gasteiger partial charge in [-0.15, -0.1) is 0 Å². The van der Waals surface area contributed by atoms with Crippen molar-refractivity contribution >= 4 is 26.7 Å². The van der Waals surface area contributed by atoms with Crippen molar-refractivity contribution in [2.24, 2.45) is 0 Å². The molecule has 4 aromatic rings. The largest absolute Gasteiger partial charge is 0.489 e. The minimum Gasteiger partial charge on any atom is -0.489 e. The van der Waals surface area contributed by atoms with Gasteiger partial charge in [-0.2, -0.15) is 0 Å². The second-order valence-electron chi connectivity index (χ2n) is 7.54. The first-order valence-electron chi connectivity index (χ1n) is 10.1. The Balaban J connectivity index is 1.57. The molecule has 3 aromatic carbocycles. The van der Waals surface area contributed by atoms with Crippen LogP contribution in [0.3, 0.4) is 0 Å². The van der Waals surface area contributed by atoms with Crippen LogP contribution in [-0.2, 0) is 16.4 Å². The van der Waals surface area contributed by atoms with Crippen LogP contribution < -0.4 is 10.1 Å². The van der Waals surface area contributed by atoms with E-state index < -0.39 is 9.84 Å². The molecule has 1 unspecified atom stereocenters. The van der Waals surface area contributed by atoms with Crippen molar-refractivity contribution in [2.75, 3.05) is 6.26 Å². The predicted molar refractivity (Wildman–Crippen MR) is 122 cm³/mol. The Kier molecular flexibility index (Phi) is 6.01. The lowest BCUT2D eigenvalue weighted by atomic mass is 10.1. The summed E-state index contributed by atoms with van der Waals surface area (Å²) in [6.07, 6.45) is 1.16. The molecule has 4 rings (SSSR count). The molecule has 1 atom stereocenters. The van der Waals surface area contributed by atoms with Gasteiger partial charge in [0.2, 0.25) is 0 Å².